The zero-order valence-electron chi connectivity index (χ0n) is 19.4. The van der Waals surface area contributed by atoms with Gasteiger partial charge in [-0.1, -0.05) is 13.0 Å². The Balaban J connectivity index is 1.61. The number of ketones is 1. The van der Waals surface area contributed by atoms with Gasteiger partial charge in [-0.2, -0.15) is 0 Å². The summed E-state index contributed by atoms with van der Waals surface area (Å²) >= 11 is 0. The van der Waals surface area contributed by atoms with E-state index >= 15 is 0 Å². The van der Waals surface area contributed by atoms with Crippen LogP contribution in [0.1, 0.15) is 47.3 Å². The van der Waals surface area contributed by atoms with Crippen LogP contribution >= 0.6 is 0 Å². The highest BCUT2D eigenvalue weighted by atomic mass is 32.2. The number of hydrogen-bond donors (Lipinski definition) is 1. The Labute approximate surface area is 204 Å². The quantitative estimate of drug-likeness (QED) is 0.500. The molecule has 2 heterocycles. The maximum absolute atomic E-state index is 14.4. The van der Waals surface area contributed by atoms with Crippen LogP contribution in [0.2, 0.25) is 0 Å². The molecule has 2 N–H and O–H groups in total. The number of hydrogen-bond acceptors (Lipinski definition) is 5. The summed E-state index contributed by atoms with van der Waals surface area (Å²) in [5, 5.41) is -0.0845. The number of pyridine rings is 2. The minimum absolute atomic E-state index is 0.0647. The summed E-state index contributed by atoms with van der Waals surface area (Å²) in [7, 11) is -1.03. The van der Waals surface area contributed by atoms with Crippen molar-refractivity contribution in [3.05, 3.63) is 83.1 Å². The van der Waals surface area contributed by atoms with Crippen LogP contribution in [0.15, 0.2) is 48.8 Å². The van der Waals surface area contributed by atoms with Gasteiger partial charge in [0.25, 0.3) is 0 Å². The van der Waals surface area contributed by atoms with Gasteiger partial charge in [-0.25, -0.2) is 18.2 Å². The van der Waals surface area contributed by atoms with E-state index in [9.17, 15) is 22.2 Å². The van der Waals surface area contributed by atoms with Gasteiger partial charge in [-0.15, -0.1) is 0 Å². The Morgan fingerprint density at radius 1 is 1.09 bits per heavy atom. The number of nitrogens with zero attached hydrogens (tertiary/aromatic N) is 2. The van der Waals surface area contributed by atoms with Gasteiger partial charge in [-0.3, -0.25) is 14.0 Å². The standard InChI is InChI=1S/C26H26F3N3O2S/c1-14-10-15(11-21(30)26(14)35(2)34)17-8-9-31-13-16(17)12-23(33)22-7-6-20(29)25(32-22)24-18(27)4-3-5-19(24)28/h3-9,13-15,21,26H,10-12,30H2,1-2H3/t14-,15+,21+,26+,35+/m0/s1. The maximum atomic E-state index is 14.4. The van der Waals surface area contributed by atoms with Crippen LogP contribution in [-0.2, 0) is 17.2 Å². The van der Waals surface area contributed by atoms with Crippen LogP contribution in [-0.4, -0.2) is 37.5 Å². The van der Waals surface area contributed by atoms with Crippen LogP contribution in [0.5, 0.6) is 0 Å². The maximum Gasteiger partial charge on any atom is 0.185 e. The van der Waals surface area contributed by atoms with Gasteiger partial charge in [0.05, 0.1) is 10.8 Å². The van der Waals surface area contributed by atoms with E-state index in [1.54, 1.807) is 18.6 Å². The van der Waals surface area contributed by atoms with Crippen LogP contribution in [0.3, 0.4) is 0 Å². The monoisotopic (exact) mass is 501 g/mol. The minimum atomic E-state index is -1.03. The normalized spacial score (nSPS) is 23.1. The van der Waals surface area contributed by atoms with Crippen LogP contribution in [0, 0.1) is 23.4 Å². The molecule has 5 nitrogen and oxygen atoms in total. The predicted octanol–water partition coefficient (Wildman–Crippen LogP) is 4.57. The molecular weight excluding hydrogens is 475 g/mol. The molecule has 1 aromatic carbocycles. The lowest BCUT2D eigenvalue weighted by Gasteiger charge is -2.38. The molecule has 2 aromatic heterocycles. The van der Waals surface area contributed by atoms with E-state index in [1.165, 1.54) is 12.1 Å². The van der Waals surface area contributed by atoms with Crippen molar-refractivity contribution < 1.29 is 22.2 Å². The second-order valence-electron chi connectivity index (χ2n) is 9.07. The summed E-state index contributed by atoms with van der Waals surface area (Å²) < 4.78 is 55.0. The minimum Gasteiger partial charge on any atom is -0.327 e. The molecule has 1 fully saturated rings. The van der Waals surface area contributed by atoms with E-state index in [4.69, 9.17) is 5.73 Å². The molecule has 1 saturated carbocycles. The SMILES string of the molecule is C[C@H]1C[C@@H](c2ccncc2CC(=O)c2ccc(F)c(-c3c(F)cccc3F)n2)C[C@@H](N)[C@@H]1[S@@](C)=O. The fourth-order valence-electron chi connectivity index (χ4n) is 5.14. The lowest BCUT2D eigenvalue weighted by molar-refractivity contribution is 0.0987. The van der Waals surface area contributed by atoms with Gasteiger partial charge in [0, 0.05) is 41.9 Å². The highest BCUT2D eigenvalue weighted by molar-refractivity contribution is 7.85. The van der Waals surface area contributed by atoms with E-state index in [0.717, 1.165) is 30.2 Å². The molecule has 0 bridgehead atoms. The van der Waals surface area contributed by atoms with Crippen molar-refractivity contribution >= 4 is 16.6 Å². The molecule has 3 aromatic rings. The molecule has 4 rings (SSSR count). The first-order chi connectivity index (χ1) is 16.7. The van der Waals surface area contributed by atoms with Crippen molar-refractivity contribution in [1.82, 2.24) is 9.97 Å². The summed E-state index contributed by atoms with van der Waals surface area (Å²) in [6.45, 7) is 2.04. The number of benzene rings is 1. The van der Waals surface area contributed by atoms with Crippen molar-refractivity contribution in [2.45, 2.75) is 43.4 Å². The van der Waals surface area contributed by atoms with Gasteiger partial charge >= 0.3 is 0 Å². The van der Waals surface area contributed by atoms with E-state index in [2.05, 4.69) is 9.97 Å². The van der Waals surface area contributed by atoms with Crippen LogP contribution in [0.4, 0.5) is 13.2 Å². The molecule has 1 aliphatic carbocycles. The Bertz CT molecular complexity index is 1250. The molecule has 0 radical (unpaired) electrons. The van der Waals surface area contributed by atoms with Gasteiger partial charge in [0.15, 0.2) is 5.78 Å². The molecule has 35 heavy (non-hydrogen) atoms. The topological polar surface area (TPSA) is 85.9 Å². The second kappa shape index (κ2) is 10.4. The molecule has 0 aliphatic heterocycles. The number of carbonyl (C=O) groups excluding carboxylic acids is 1. The number of halogens is 3. The Kier molecular flexibility index (Phi) is 7.47. The molecule has 5 atom stereocenters. The molecule has 1 aliphatic rings. The van der Waals surface area contributed by atoms with E-state index in [0.29, 0.717) is 12.0 Å². The molecule has 184 valence electrons. The highest BCUT2D eigenvalue weighted by Crippen LogP contribution is 2.39. The van der Waals surface area contributed by atoms with Crippen molar-refractivity contribution in [3.8, 4) is 11.3 Å². The third kappa shape index (κ3) is 5.21. The Morgan fingerprint density at radius 3 is 2.46 bits per heavy atom. The average Bonchev–Trinajstić information content (AvgIpc) is 2.79. The zero-order chi connectivity index (χ0) is 25.3. The van der Waals surface area contributed by atoms with Gasteiger partial charge in [0.1, 0.15) is 28.8 Å². The Hall–Kier alpha value is -2.91. The summed E-state index contributed by atoms with van der Waals surface area (Å²) in [6.07, 6.45) is 6.27. The third-order valence-corrected chi connectivity index (χ3v) is 8.22. The second-order valence-corrected chi connectivity index (χ2v) is 10.6. The molecular formula is C26H26F3N3O2S. The smallest absolute Gasteiger partial charge is 0.185 e. The zero-order valence-corrected chi connectivity index (χ0v) is 20.2. The van der Waals surface area contributed by atoms with Crippen LogP contribution in [0.25, 0.3) is 11.3 Å². The average molecular weight is 502 g/mol. The molecule has 9 heteroatoms. The summed E-state index contributed by atoms with van der Waals surface area (Å²) in [4.78, 5) is 21.3. The van der Waals surface area contributed by atoms with Crippen molar-refractivity contribution in [1.29, 1.82) is 0 Å². The van der Waals surface area contributed by atoms with E-state index < -0.39 is 45.3 Å². The molecule has 0 saturated heterocycles. The summed E-state index contributed by atoms with van der Waals surface area (Å²) in [5.74, 6) is -3.09. The number of carbonyl (C=O) groups is 1. The fraction of sp³-hybridized carbons (Fsp3) is 0.346. The molecule has 0 spiro atoms. The molecule has 0 unspecified atom stereocenters. The highest BCUT2D eigenvalue weighted by Gasteiger charge is 2.37. The van der Waals surface area contributed by atoms with Crippen molar-refractivity contribution in [2.24, 2.45) is 11.7 Å². The van der Waals surface area contributed by atoms with Crippen molar-refractivity contribution in [2.75, 3.05) is 6.26 Å². The van der Waals surface area contributed by atoms with E-state index in [-0.39, 0.29) is 35.2 Å². The summed E-state index contributed by atoms with van der Waals surface area (Å²) in [5.41, 5.74) is 6.71. The predicted molar refractivity (Wildman–Crippen MR) is 129 cm³/mol. The number of Topliss-reactive ketones (excluding diaryl/α,β-unsaturated/α-hetero) is 1. The first-order valence-corrected chi connectivity index (χ1v) is 12.9. The first-order valence-electron chi connectivity index (χ1n) is 11.3. The van der Waals surface area contributed by atoms with Gasteiger partial charge in [0.2, 0.25) is 0 Å². The number of aromatic nitrogens is 2. The number of nitrogens with two attached hydrogens (primary N) is 1. The van der Waals surface area contributed by atoms with Crippen LogP contribution < -0.4 is 5.73 Å². The first kappa shape index (κ1) is 25.2. The lowest BCUT2D eigenvalue weighted by atomic mass is 9.75. The fourth-order valence-corrected chi connectivity index (χ4v) is 6.50. The van der Waals surface area contributed by atoms with Gasteiger partial charge < -0.3 is 5.73 Å². The largest absolute Gasteiger partial charge is 0.327 e. The lowest BCUT2D eigenvalue weighted by Crippen LogP contribution is -2.47. The van der Waals surface area contributed by atoms with E-state index in [1.807, 2.05) is 13.0 Å². The summed E-state index contributed by atoms with van der Waals surface area (Å²) in [6, 6.07) is 6.99. The third-order valence-electron chi connectivity index (χ3n) is 6.64. The number of rotatable bonds is 6. The van der Waals surface area contributed by atoms with Gasteiger partial charge in [-0.05, 0) is 66.1 Å². The molecule has 0 amide bonds. The van der Waals surface area contributed by atoms with Crippen molar-refractivity contribution in [3.63, 3.8) is 0 Å². The Morgan fingerprint density at radius 2 is 1.80 bits per heavy atom.